The second-order valence-corrected chi connectivity index (χ2v) is 5.85. The van der Waals surface area contributed by atoms with E-state index in [1.54, 1.807) is 13.8 Å². The maximum absolute atomic E-state index is 12.2. The molecule has 1 unspecified atom stereocenters. The van der Waals surface area contributed by atoms with Gasteiger partial charge in [-0.05, 0) is 26.7 Å². The highest BCUT2D eigenvalue weighted by Crippen LogP contribution is 2.39. The predicted molar refractivity (Wildman–Crippen MR) is 60.6 cm³/mol. The molecule has 1 heterocycles. The van der Waals surface area contributed by atoms with Gasteiger partial charge in [-0.1, -0.05) is 13.8 Å². The monoisotopic (exact) mass is 227 g/mol. The van der Waals surface area contributed by atoms with Crippen molar-refractivity contribution in [2.75, 3.05) is 6.54 Å². The molecular formula is C12H21NO3. The Morgan fingerprint density at radius 2 is 1.94 bits per heavy atom. The van der Waals surface area contributed by atoms with Crippen LogP contribution in [0.2, 0.25) is 0 Å². The van der Waals surface area contributed by atoms with Crippen LogP contribution in [0.5, 0.6) is 0 Å². The summed E-state index contributed by atoms with van der Waals surface area (Å²) in [4.78, 5) is 25.1. The Labute approximate surface area is 96.6 Å². The van der Waals surface area contributed by atoms with Gasteiger partial charge >= 0.3 is 0 Å². The van der Waals surface area contributed by atoms with Crippen molar-refractivity contribution in [2.24, 2.45) is 11.3 Å². The Kier molecular flexibility index (Phi) is 3.16. The van der Waals surface area contributed by atoms with E-state index in [2.05, 4.69) is 0 Å². The van der Waals surface area contributed by atoms with E-state index in [4.69, 9.17) is 0 Å². The van der Waals surface area contributed by atoms with Gasteiger partial charge in [-0.2, -0.15) is 0 Å². The number of carbonyl (C=O) groups is 2. The van der Waals surface area contributed by atoms with Crippen LogP contribution in [0.4, 0.5) is 0 Å². The van der Waals surface area contributed by atoms with Gasteiger partial charge in [0, 0.05) is 6.42 Å². The molecule has 1 aliphatic heterocycles. The number of hydrogen-bond acceptors (Lipinski definition) is 3. The molecule has 0 bridgehead atoms. The molecule has 0 aromatic heterocycles. The van der Waals surface area contributed by atoms with Crippen molar-refractivity contribution in [1.29, 1.82) is 0 Å². The van der Waals surface area contributed by atoms with Gasteiger partial charge in [0.05, 0.1) is 17.6 Å². The van der Waals surface area contributed by atoms with E-state index >= 15 is 0 Å². The Bertz CT molecular complexity index is 317. The van der Waals surface area contributed by atoms with Gasteiger partial charge in [-0.3, -0.25) is 14.5 Å². The fourth-order valence-electron chi connectivity index (χ4n) is 1.90. The van der Waals surface area contributed by atoms with Crippen LogP contribution in [0, 0.1) is 11.3 Å². The smallest absolute Gasteiger partial charge is 0.235 e. The number of rotatable bonds is 3. The first kappa shape index (κ1) is 13.2. The van der Waals surface area contributed by atoms with E-state index in [1.165, 1.54) is 4.90 Å². The maximum Gasteiger partial charge on any atom is 0.235 e. The molecule has 0 aromatic carbocycles. The molecule has 16 heavy (non-hydrogen) atoms. The number of amides is 2. The molecule has 1 atom stereocenters. The molecule has 4 heteroatoms. The quantitative estimate of drug-likeness (QED) is 0.736. The lowest BCUT2D eigenvalue weighted by Crippen LogP contribution is -2.44. The summed E-state index contributed by atoms with van der Waals surface area (Å²) < 4.78 is 0. The highest BCUT2D eigenvalue weighted by atomic mass is 16.3. The van der Waals surface area contributed by atoms with Crippen LogP contribution < -0.4 is 0 Å². The van der Waals surface area contributed by atoms with Crippen LogP contribution in [-0.4, -0.2) is 34.0 Å². The fourth-order valence-corrected chi connectivity index (χ4v) is 1.90. The minimum Gasteiger partial charge on any atom is -0.389 e. The topological polar surface area (TPSA) is 57.6 Å². The molecule has 0 spiro atoms. The second kappa shape index (κ2) is 3.84. The highest BCUT2D eigenvalue weighted by Gasteiger charge is 2.50. The minimum absolute atomic E-state index is 0.0764. The van der Waals surface area contributed by atoms with Crippen LogP contribution in [0.15, 0.2) is 0 Å². The molecule has 0 aliphatic carbocycles. The minimum atomic E-state index is -1.03. The van der Waals surface area contributed by atoms with Crippen molar-refractivity contribution >= 4 is 11.8 Å². The van der Waals surface area contributed by atoms with E-state index in [0.717, 1.165) is 0 Å². The van der Waals surface area contributed by atoms with Crippen molar-refractivity contribution in [2.45, 2.75) is 46.6 Å². The third-order valence-corrected chi connectivity index (χ3v) is 3.37. The van der Waals surface area contributed by atoms with Crippen molar-refractivity contribution in [3.63, 3.8) is 0 Å². The van der Waals surface area contributed by atoms with E-state index < -0.39 is 11.0 Å². The Morgan fingerprint density at radius 3 is 2.25 bits per heavy atom. The van der Waals surface area contributed by atoms with E-state index in [9.17, 15) is 14.7 Å². The standard InChI is InChI=1S/C12H21NO3/c1-8(2)12(5)6-9(14)13(10(12)15)7-11(3,4)16/h8,16H,6-7H2,1-5H3. The summed E-state index contributed by atoms with van der Waals surface area (Å²) in [6.07, 6.45) is 0.250. The predicted octanol–water partition coefficient (Wildman–Crippen LogP) is 1.18. The van der Waals surface area contributed by atoms with E-state index in [1.807, 2.05) is 20.8 Å². The first-order chi connectivity index (χ1) is 7.08. The third-order valence-electron chi connectivity index (χ3n) is 3.37. The van der Waals surface area contributed by atoms with E-state index in [-0.39, 0.29) is 30.7 Å². The first-order valence-electron chi connectivity index (χ1n) is 5.65. The average molecular weight is 227 g/mol. The summed E-state index contributed by atoms with van der Waals surface area (Å²) in [5.74, 6) is -0.214. The number of carbonyl (C=O) groups excluding carboxylic acids is 2. The van der Waals surface area contributed by atoms with Crippen LogP contribution in [0.25, 0.3) is 0 Å². The molecule has 4 nitrogen and oxygen atoms in total. The molecule has 0 saturated carbocycles. The third kappa shape index (κ3) is 2.26. The maximum atomic E-state index is 12.2. The largest absolute Gasteiger partial charge is 0.389 e. The van der Waals surface area contributed by atoms with Crippen LogP contribution >= 0.6 is 0 Å². The Hall–Kier alpha value is -0.900. The Morgan fingerprint density at radius 1 is 1.44 bits per heavy atom. The first-order valence-corrected chi connectivity index (χ1v) is 5.65. The van der Waals surface area contributed by atoms with Gasteiger partial charge in [0.25, 0.3) is 0 Å². The van der Waals surface area contributed by atoms with Crippen LogP contribution in [-0.2, 0) is 9.59 Å². The molecule has 1 rings (SSSR count). The molecule has 1 fully saturated rings. The number of hydrogen-bond donors (Lipinski definition) is 1. The zero-order valence-corrected chi connectivity index (χ0v) is 10.7. The fraction of sp³-hybridized carbons (Fsp3) is 0.833. The number of imide groups is 1. The molecule has 0 radical (unpaired) electrons. The molecule has 2 amide bonds. The molecule has 92 valence electrons. The van der Waals surface area contributed by atoms with Crippen molar-refractivity contribution < 1.29 is 14.7 Å². The number of nitrogens with zero attached hydrogens (tertiary/aromatic N) is 1. The second-order valence-electron chi connectivity index (χ2n) is 5.85. The molecule has 1 saturated heterocycles. The number of aliphatic hydroxyl groups is 1. The lowest BCUT2D eigenvalue weighted by Gasteiger charge is -2.28. The normalized spacial score (nSPS) is 27.1. The van der Waals surface area contributed by atoms with Crippen molar-refractivity contribution in [3.8, 4) is 0 Å². The number of likely N-dealkylation sites (tertiary alicyclic amines) is 1. The van der Waals surface area contributed by atoms with Crippen LogP contribution in [0.1, 0.15) is 41.0 Å². The molecule has 0 aromatic rings. The SMILES string of the molecule is CC(C)C1(C)CC(=O)N(CC(C)(C)O)C1=O. The molecular weight excluding hydrogens is 206 g/mol. The summed E-state index contributed by atoms with van der Waals surface area (Å²) in [5.41, 5.74) is -1.64. The summed E-state index contributed by atoms with van der Waals surface area (Å²) >= 11 is 0. The summed E-state index contributed by atoms with van der Waals surface area (Å²) in [6, 6.07) is 0. The summed E-state index contributed by atoms with van der Waals surface area (Å²) in [6.45, 7) is 8.98. The summed E-state index contributed by atoms with van der Waals surface area (Å²) in [5, 5.41) is 9.68. The van der Waals surface area contributed by atoms with Crippen molar-refractivity contribution in [3.05, 3.63) is 0 Å². The van der Waals surface area contributed by atoms with Crippen LogP contribution in [0.3, 0.4) is 0 Å². The summed E-state index contributed by atoms with van der Waals surface area (Å²) in [7, 11) is 0. The van der Waals surface area contributed by atoms with Crippen molar-refractivity contribution in [1.82, 2.24) is 4.90 Å². The lowest BCUT2D eigenvalue weighted by atomic mass is 9.78. The van der Waals surface area contributed by atoms with Gasteiger partial charge < -0.3 is 5.11 Å². The van der Waals surface area contributed by atoms with Gasteiger partial charge in [-0.15, -0.1) is 0 Å². The average Bonchev–Trinajstić information content (AvgIpc) is 2.28. The van der Waals surface area contributed by atoms with Gasteiger partial charge in [0.1, 0.15) is 0 Å². The van der Waals surface area contributed by atoms with E-state index in [0.29, 0.717) is 0 Å². The lowest BCUT2D eigenvalue weighted by molar-refractivity contribution is -0.145. The Balaban J connectivity index is 2.92. The zero-order chi connectivity index (χ0) is 12.7. The molecule has 1 N–H and O–H groups in total. The van der Waals surface area contributed by atoms with Gasteiger partial charge in [-0.25, -0.2) is 0 Å². The number of β-amino-alcohol motifs (C(OH)–C–C–N with tert-alkyl or cyclic N) is 1. The highest BCUT2D eigenvalue weighted by molar-refractivity contribution is 6.05. The van der Waals surface area contributed by atoms with Gasteiger partial charge in [0.15, 0.2) is 0 Å². The van der Waals surface area contributed by atoms with Gasteiger partial charge in [0.2, 0.25) is 11.8 Å². The molecule has 1 aliphatic rings. The zero-order valence-electron chi connectivity index (χ0n) is 10.7.